The lowest BCUT2D eigenvalue weighted by Crippen LogP contribution is -2.32. The van der Waals surface area contributed by atoms with Gasteiger partial charge in [0.25, 0.3) is 5.91 Å². The summed E-state index contributed by atoms with van der Waals surface area (Å²) in [6, 6.07) is 3.61. The van der Waals surface area contributed by atoms with Gasteiger partial charge in [-0.15, -0.1) is 0 Å². The average molecular weight is 244 g/mol. The summed E-state index contributed by atoms with van der Waals surface area (Å²) in [4.78, 5) is 23.1. The summed E-state index contributed by atoms with van der Waals surface area (Å²) in [5, 5.41) is 2.17. The summed E-state index contributed by atoms with van der Waals surface area (Å²) in [6.45, 7) is -0.287. The van der Waals surface area contributed by atoms with Crippen LogP contribution in [0, 0.1) is 0 Å². The van der Waals surface area contributed by atoms with E-state index in [9.17, 15) is 22.8 Å². The summed E-state index contributed by atoms with van der Waals surface area (Å²) in [5.74, 6) is -0.702. The maximum absolute atomic E-state index is 12.7. The van der Waals surface area contributed by atoms with Gasteiger partial charge < -0.3 is 5.32 Å². The Bertz CT molecular complexity index is 469. The number of nitrogens with one attached hydrogen (secondary N) is 1. The first kappa shape index (κ1) is 11.4. The first-order valence-corrected chi connectivity index (χ1v) is 4.68. The first-order chi connectivity index (χ1) is 7.91. The molecule has 0 spiro atoms. The number of hydrogen-bond donors (Lipinski definition) is 1. The molecule has 1 aromatic rings. The largest absolute Gasteiger partial charge is 0.418 e. The number of alkyl halides is 3. The minimum Gasteiger partial charge on any atom is -0.328 e. The molecule has 7 heteroatoms. The van der Waals surface area contributed by atoms with Crippen LogP contribution in [0.3, 0.4) is 0 Å². The highest BCUT2D eigenvalue weighted by atomic mass is 19.4. The molecule has 1 N–H and O–H groups in total. The Hall–Kier alpha value is -2.05. The van der Waals surface area contributed by atoms with E-state index in [-0.39, 0.29) is 6.54 Å². The standard InChI is InChI=1S/C10H7F3N2O2/c11-10(12,13)6-3-1-2-4-7(6)15-8(16)5-14-9(15)17/h1-4H,5H2,(H,14,17). The van der Waals surface area contributed by atoms with E-state index in [1.165, 1.54) is 12.1 Å². The van der Waals surface area contributed by atoms with Gasteiger partial charge in [0.05, 0.1) is 17.8 Å². The number of imide groups is 1. The van der Waals surface area contributed by atoms with Gasteiger partial charge in [-0.05, 0) is 12.1 Å². The molecule has 0 aromatic heterocycles. The average Bonchev–Trinajstić information content (AvgIpc) is 2.57. The van der Waals surface area contributed by atoms with E-state index in [2.05, 4.69) is 5.32 Å². The lowest BCUT2D eigenvalue weighted by molar-refractivity contribution is -0.137. The minimum atomic E-state index is -4.61. The van der Waals surface area contributed by atoms with Crippen molar-refractivity contribution < 1.29 is 22.8 Å². The zero-order chi connectivity index (χ0) is 12.6. The lowest BCUT2D eigenvalue weighted by atomic mass is 10.1. The number of anilines is 1. The number of halogens is 3. The number of rotatable bonds is 1. The third kappa shape index (κ3) is 1.95. The number of urea groups is 1. The minimum absolute atomic E-state index is 0.287. The fourth-order valence-corrected chi connectivity index (χ4v) is 1.57. The van der Waals surface area contributed by atoms with Gasteiger partial charge in [0.1, 0.15) is 0 Å². The number of carbonyl (C=O) groups is 2. The van der Waals surface area contributed by atoms with Crippen molar-refractivity contribution in [2.75, 3.05) is 11.4 Å². The Labute approximate surface area is 94.0 Å². The van der Waals surface area contributed by atoms with Gasteiger partial charge in [0.15, 0.2) is 0 Å². The molecule has 1 fully saturated rings. The summed E-state index contributed by atoms with van der Waals surface area (Å²) < 4.78 is 38.1. The van der Waals surface area contributed by atoms with Crippen LogP contribution in [-0.4, -0.2) is 18.5 Å². The maximum Gasteiger partial charge on any atom is 0.418 e. The first-order valence-electron chi connectivity index (χ1n) is 4.68. The molecule has 3 amide bonds. The van der Waals surface area contributed by atoms with Crippen molar-refractivity contribution in [1.82, 2.24) is 5.32 Å². The number of hydrogen-bond acceptors (Lipinski definition) is 2. The number of nitrogens with zero attached hydrogens (tertiary/aromatic N) is 1. The Morgan fingerprint density at radius 3 is 2.35 bits per heavy atom. The molecular formula is C10H7F3N2O2. The van der Waals surface area contributed by atoms with E-state index in [1.54, 1.807) is 0 Å². The van der Waals surface area contributed by atoms with Gasteiger partial charge in [-0.3, -0.25) is 4.79 Å². The Morgan fingerprint density at radius 1 is 1.18 bits per heavy atom. The topological polar surface area (TPSA) is 49.4 Å². The quantitative estimate of drug-likeness (QED) is 0.765. The predicted octanol–water partition coefficient (Wildman–Crippen LogP) is 1.76. The van der Waals surface area contributed by atoms with E-state index in [0.717, 1.165) is 12.1 Å². The highest BCUT2D eigenvalue weighted by Crippen LogP contribution is 2.36. The molecule has 17 heavy (non-hydrogen) atoms. The van der Waals surface area contributed by atoms with Crippen molar-refractivity contribution in [3.63, 3.8) is 0 Å². The van der Waals surface area contributed by atoms with Crippen LogP contribution >= 0.6 is 0 Å². The Kier molecular flexibility index (Phi) is 2.53. The number of carbonyl (C=O) groups excluding carboxylic acids is 2. The molecule has 1 aliphatic heterocycles. The number of para-hydroxylation sites is 1. The summed E-state index contributed by atoms with van der Waals surface area (Å²) in [6.07, 6.45) is -4.61. The Morgan fingerprint density at radius 2 is 1.82 bits per heavy atom. The van der Waals surface area contributed by atoms with Crippen molar-refractivity contribution in [1.29, 1.82) is 0 Å². The fourth-order valence-electron chi connectivity index (χ4n) is 1.57. The highest BCUT2D eigenvalue weighted by Gasteiger charge is 2.39. The van der Waals surface area contributed by atoms with Gasteiger partial charge >= 0.3 is 12.2 Å². The van der Waals surface area contributed by atoms with Gasteiger partial charge in [0, 0.05) is 0 Å². The molecule has 0 atom stereocenters. The predicted molar refractivity (Wildman–Crippen MR) is 52.3 cm³/mol. The molecule has 0 aliphatic carbocycles. The molecule has 1 heterocycles. The third-order valence-corrected chi connectivity index (χ3v) is 2.29. The van der Waals surface area contributed by atoms with E-state index >= 15 is 0 Å². The van der Waals surface area contributed by atoms with Crippen LogP contribution in [0.2, 0.25) is 0 Å². The molecule has 1 aliphatic rings. The van der Waals surface area contributed by atoms with E-state index in [1.807, 2.05) is 0 Å². The summed E-state index contributed by atoms with van der Waals surface area (Å²) in [7, 11) is 0. The molecule has 0 unspecified atom stereocenters. The van der Waals surface area contributed by atoms with Gasteiger partial charge in [-0.25, -0.2) is 9.69 Å². The van der Waals surface area contributed by atoms with Gasteiger partial charge in [-0.1, -0.05) is 12.1 Å². The molecule has 2 rings (SSSR count). The lowest BCUT2D eigenvalue weighted by Gasteiger charge is -2.18. The molecule has 1 aromatic carbocycles. The SMILES string of the molecule is O=C1CNC(=O)N1c1ccccc1C(F)(F)F. The highest BCUT2D eigenvalue weighted by molar-refractivity contribution is 6.20. The van der Waals surface area contributed by atoms with Crippen LogP contribution in [0.25, 0.3) is 0 Å². The monoisotopic (exact) mass is 244 g/mol. The summed E-state index contributed by atoms with van der Waals surface area (Å²) >= 11 is 0. The molecule has 4 nitrogen and oxygen atoms in total. The molecule has 0 saturated carbocycles. The van der Waals surface area contributed by atoms with Crippen LogP contribution in [0.4, 0.5) is 23.7 Å². The second-order valence-corrected chi connectivity index (χ2v) is 3.40. The zero-order valence-corrected chi connectivity index (χ0v) is 8.41. The van der Waals surface area contributed by atoms with Crippen molar-refractivity contribution in [3.8, 4) is 0 Å². The number of benzene rings is 1. The van der Waals surface area contributed by atoms with E-state index in [4.69, 9.17) is 0 Å². The van der Waals surface area contributed by atoms with Crippen molar-refractivity contribution in [2.45, 2.75) is 6.18 Å². The second-order valence-electron chi connectivity index (χ2n) is 3.40. The smallest absolute Gasteiger partial charge is 0.328 e. The molecule has 1 saturated heterocycles. The fraction of sp³-hybridized carbons (Fsp3) is 0.200. The van der Waals surface area contributed by atoms with Crippen molar-refractivity contribution in [2.24, 2.45) is 0 Å². The molecule has 0 bridgehead atoms. The van der Waals surface area contributed by atoms with Crippen LogP contribution in [0.1, 0.15) is 5.56 Å². The normalized spacial score (nSPS) is 16.3. The van der Waals surface area contributed by atoms with E-state index < -0.39 is 29.4 Å². The molecule has 0 radical (unpaired) electrons. The van der Waals surface area contributed by atoms with Crippen LogP contribution in [-0.2, 0) is 11.0 Å². The molecular weight excluding hydrogens is 237 g/mol. The van der Waals surface area contributed by atoms with Crippen LogP contribution < -0.4 is 10.2 Å². The van der Waals surface area contributed by atoms with Crippen LogP contribution in [0.5, 0.6) is 0 Å². The zero-order valence-electron chi connectivity index (χ0n) is 8.41. The molecule has 90 valence electrons. The number of amides is 3. The second kappa shape index (κ2) is 3.76. The van der Waals surface area contributed by atoms with Crippen LogP contribution in [0.15, 0.2) is 24.3 Å². The Balaban J connectivity index is 2.52. The van der Waals surface area contributed by atoms with E-state index in [0.29, 0.717) is 4.90 Å². The maximum atomic E-state index is 12.7. The van der Waals surface area contributed by atoms with Gasteiger partial charge in [-0.2, -0.15) is 13.2 Å². The third-order valence-electron chi connectivity index (χ3n) is 2.29. The van der Waals surface area contributed by atoms with Gasteiger partial charge in [0.2, 0.25) is 0 Å². The van der Waals surface area contributed by atoms with Crippen molar-refractivity contribution in [3.05, 3.63) is 29.8 Å². The summed E-state index contributed by atoms with van der Waals surface area (Å²) in [5.41, 5.74) is -1.45. The van der Waals surface area contributed by atoms with Crippen molar-refractivity contribution >= 4 is 17.6 Å².